The van der Waals surface area contributed by atoms with Gasteiger partial charge in [0, 0.05) is 37.4 Å². The maximum Gasteiger partial charge on any atom is 0.253 e. The zero-order chi connectivity index (χ0) is 19.1. The van der Waals surface area contributed by atoms with Gasteiger partial charge in [-0.25, -0.2) is 0 Å². The van der Waals surface area contributed by atoms with Crippen LogP contribution < -0.4 is 15.5 Å². The van der Waals surface area contributed by atoms with Crippen molar-refractivity contribution in [2.45, 2.75) is 53.4 Å². The van der Waals surface area contributed by atoms with Crippen molar-refractivity contribution in [1.82, 2.24) is 5.32 Å². The molecule has 1 aromatic rings. The van der Waals surface area contributed by atoms with Gasteiger partial charge in [-0.3, -0.25) is 9.59 Å². The van der Waals surface area contributed by atoms with Gasteiger partial charge in [0.1, 0.15) is 0 Å². The molecule has 0 saturated carbocycles. The van der Waals surface area contributed by atoms with Gasteiger partial charge in [-0.15, -0.1) is 0 Å². The number of nitrogens with one attached hydrogen (secondary N) is 2. The largest absolute Gasteiger partial charge is 0.371 e. The van der Waals surface area contributed by atoms with E-state index in [-0.39, 0.29) is 11.8 Å². The highest BCUT2D eigenvalue weighted by atomic mass is 16.2. The number of carbonyl (C=O) groups is 2. The molecule has 0 unspecified atom stereocenters. The molecule has 0 spiro atoms. The van der Waals surface area contributed by atoms with E-state index < -0.39 is 0 Å². The number of benzene rings is 1. The lowest BCUT2D eigenvalue weighted by Gasteiger charge is -2.33. The standard InChI is InChI=1S/C21H33N3O2/c1-5-6-20(25)23-17-7-8-19(24-11-9-16(4)10-12-24)18(13-17)21(26)22-14-15(2)3/h7-8,13,15-16H,5-6,9-12,14H2,1-4H3,(H,22,26)(H,23,25). The molecule has 1 heterocycles. The maximum absolute atomic E-state index is 12.8. The van der Waals surface area contributed by atoms with E-state index in [0.29, 0.717) is 30.1 Å². The smallest absolute Gasteiger partial charge is 0.253 e. The molecule has 2 N–H and O–H groups in total. The Labute approximate surface area is 157 Å². The molecule has 1 aliphatic heterocycles. The van der Waals surface area contributed by atoms with Crippen molar-refractivity contribution < 1.29 is 9.59 Å². The van der Waals surface area contributed by atoms with Crippen LogP contribution in [0.25, 0.3) is 0 Å². The Morgan fingerprint density at radius 2 is 1.92 bits per heavy atom. The van der Waals surface area contributed by atoms with E-state index in [4.69, 9.17) is 0 Å². The SMILES string of the molecule is CCCC(=O)Nc1ccc(N2CCC(C)CC2)c(C(=O)NCC(C)C)c1. The molecule has 2 amide bonds. The van der Waals surface area contributed by atoms with Crippen LogP contribution in [0.15, 0.2) is 18.2 Å². The maximum atomic E-state index is 12.8. The highest BCUT2D eigenvalue weighted by Crippen LogP contribution is 2.28. The van der Waals surface area contributed by atoms with Crippen LogP contribution in [0.2, 0.25) is 0 Å². The first-order chi connectivity index (χ1) is 12.4. The number of anilines is 2. The first kappa shape index (κ1) is 20.3. The first-order valence-corrected chi connectivity index (χ1v) is 9.87. The van der Waals surface area contributed by atoms with Gasteiger partial charge in [0.2, 0.25) is 5.91 Å². The van der Waals surface area contributed by atoms with Crippen LogP contribution in [0.1, 0.15) is 63.7 Å². The molecule has 1 fully saturated rings. The predicted molar refractivity (Wildman–Crippen MR) is 108 cm³/mol. The van der Waals surface area contributed by atoms with Crippen LogP contribution in [0.4, 0.5) is 11.4 Å². The third kappa shape index (κ3) is 5.75. The van der Waals surface area contributed by atoms with Crippen LogP contribution in [0.5, 0.6) is 0 Å². The summed E-state index contributed by atoms with van der Waals surface area (Å²) in [6.45, 7) is 11.0. The second-order valence-electron chi connectivity index (χ2n) is 7.80. The summed E-state index contributed by atoms with van der Waals surface area (Å²) in [6.07, 6.45) is 3.57. The summed E-state index contributed by atoms with van der Waals surface area (Å²) in [7, 11) is 0. The van der Waals surface area contributed by atoms with E-state index >= 15 is 0 Å². The number of hydrogen-bond acceptors (Lipinski definition) is 3. The number of carbonyl (C=O) groups excluding carboxylic acids is 2. The molecule has 5 nitrogen and oxygen atoms in total. The van der Waals surface area contributed by atoms with Crippen LogP contribution >= 0.6 is 0 Å². The predicted octanol–water partition coefficient (Wildman–Crippen LogP) is 4.05. The second-order valence-corrected chi connectivity index (χ2v) is 7.80. The van der Waals surface area contributed by atoms with Gasteiger partial charge >= 0.3 is 0 Å². The fourth-order valence-corrected chi connectivity index (χ4v) is 3.16. The van der Waals surface area contributed by atoms with Crippen molar-refractivity contribution in [2.24, 2.45) is 11.8 Å². The van der Waals surface area contributed by atoms with E-state index in [1.807, 2.05) is 25.1 Å². The van der Waals surface area contributed by atoms with E-state index in [2.05, 4.69) is 36.3 Å². The molecule has 144 valence electrons. The topological polar surface area (TPSA) is 61.4 Å². The molecule has 26 heavy (non-hydrogen) atoms. The number of nitrogens with zero attached hydrogens (tertiary/aromatic N) is 1. The van der Waals surface area contributed by atoms with Crippen LogP contribution in [0.3, 0.4) is 0 Å². The minimum Gasteiger partial charge on any atom is -0.371 e. The Hall–Kier alpha value is -2.04. The molecule has 5 heteroatoms. The van der Waals surface area contributed by atoms with E-state index in [1.165, 1.54) is 0 Å². The normalized spacial score (nSPS) is 15.2. The lowest BCUT2D eigenvalue weighted by molar-refractivity contribution is -0.116. The van der Waals surface area contributed by atoms with Gasteiger partial charge in [-0.05, 0) is 49.3 Å². The third-order valence-electron chi connectivity index (χ3n) is 4.80. The highest BCUT2D eigenvalue weighted by molar-refractivity contribution is 6.02. The summed E-state index contributed by atoms with van der Waals surface area (Å²) < 4.78 is 0. The summed E-state index contributed by atoms with van der Waals surface area (Å²) in [5.41, 5.74) is 2.30. The summed E-state index contributed by atoms with van der Waals surface area (Å²) >= 11 is 0. The van der Waals surface area contributed by atoms with Gasteiger partial charge in [-0.2, -0.15) is 0 Å². The van der Waals surface area contributed by atoms with Crippen molar-refractivity contribution in [2.75, 3.05) is 29.9 Å². The summed E-state index contributed by atoms with van der Waals surface area (Å²) in [6, 6.07) is 5.69. The van der Waals surface area contributed by atoms with Gasteiger partial charge in [0.05, 0.1) is 5.56 Å². The van der Waals surface area contributed by atoms with E-state index in [9.17, 15) is 9.59 Å². The molecule has 2 rings (SSSR count). The van der Waals surface area contributed by atoms with Gasteiger partial charge in [-0.1, -0.05) is 27.7 Å². The summed E-state index contributed by atoms with van der Waals surface area (Å²) in [5.74, 6) is 1.04. The van der Waals surface area contributed by atoms with Crippen molar-refractivity contribution >= 4 is 23.2 Å². The highest BCUT2D eigenvalue weighted by Gasteiger charge is 2.22. The van der Waals surface area contributed by atoms with Crippen molar-refractivity contribution in [3.05, 3.63) is 23.8 Å². The molecule has 1 aromatic carbocycles. The lowest BCUT2D eigenvalue weighted by Crippen LogP contribution is -2.35. The average Bonchev–Trinajstić information content (AvgIpc) is 2.60. The molecule has 1 aliphatic rings. The van der Waals surface area contributed by atoms with Crippen LogP contribution in [-0.4, -0.2) is 31.4 Å². The molecule has 0 aromatic heterocycles. The molecular weight excluding hydrogens is 326 g/mol. The van der Waals surface area contributed by atoms with Gasteiger partial charge in [0.15, 0.2) is 0 Å². The summed E-state index contributed by atoms with van der Waals surface area (Å²) in [5, 5.41) is 5.92. The van der Waals surface area contributed by atoms with Crippen molar-refractivity contribution in [3.63, 3.8) is 0 Å². The Morgan fingerprint density at radius 1 is 1.23 bits per heavy atom. The Balaban J connectivity index is 2.24. The van der Waals surface area contributed by atoms with E-state index in [1.54, 1.807) is 0 Å². The van der Waals surface area contributed by atoms with Gasteiger partial charge < -0.3 is 15.5 Å². The Kier molecular flexibility index (Phi) is 7.49. The zero-order valence-corrected chi connectivity index (χ0v) is 16.6. The van der Waals surface area contributed by atoms with Crippen molar-refractivity contribution in [1.29, 1.82) is 0 Å². The van der Waals surface area contributed by atoms with Crippen molar-refractivity contribution in [3.8, 4) is 0 Å². The summed E-state index contributed by atoms with van der Waals surface area (Å²) in [4.78, 5) is 27.0. The monoisotopic (exact) mass is 359 g/mol. The number of piperidine rings is 1. The second kappa shape index (κ2) is 9.60. The average molecular weight is 360 g/mol. The third-order valence-corrected chi connectivity index (χ3v) is 4.80. The minimum atomic E-state index is -0.0705. The Bertz CT molecular complexity index is 620. The molecule has 0 atom stereocenters. The lowest BCUT2D eigenvalue weighted by atomic mass is 9.97. The number of hydrogen-bond donors (Lipinski definition) is 2. The fraction of sp³-hybridized carbons (Fsp3) is 0.619. The minimum absolute atomic E-state index is 0.0133. The number of amides is 2. The molecular formula is C21H33N3O2. The first-order valence-electron chi connectivity index (χ1n) is 9.87. The van der Waals surface area contributed by atoms with Crippen LogP contribution in [0, 0.1) is 11.8 Å². The van der Waals surface area contributed by atoms with E-state index in [0.717, 1.165) is 44.0 Å². The molecule has 0 radical (unpaired) electrons. The zero-order valence-electron chi connectivity index (χ0n) is 16.6. The van der Waals surface area contributed by atoms with Crippen LogP contribution in [-0.2, 0) is 4.79 Å². The fourth-order valence-electron chi connectivity index (χ4n) is 3.16. The molecule has 0 bridgehead atoms. The quantitative estimate of drug-likeness (QED) is 0.772. The molecule has 1 saturated heterocycles. The molecule has 0 aliphatic carbocycles. The number of rotatable bonds is 7. The Morgan fingerprint density at radius 3 is 2.54 bits per heavy atom. The van der Waals surface area contributed by atoms with Gasteiger partial charge in [0.25, 0.3) is 5.91 Å².